The maximum atomic E-state index is 10.2. The smallest absolute Gasteiger partial charge is 0.188 e. The molecule has 0 amide bonds. The summed E-state index contributed by atoms with van der Waals surface area (Å²) in [6.07, 6.45) is 0. The third-order valence-corrected chi connectivity index (χ3v) is 21.6. The Morgan fingerprint density at radius 1 is 0.284 bits per heavy atom. The van der Waals surface area contributed by atoms with Gasteiger partial charge in [-0.25, -0.2) is 4.85 Å². The van der Waals surface area contributed by atoms with Crippen LogP contribution in [-0.4, -0.2) is 26.3 Å². The molecule has 376 valence electrons. The molecule has 0 atom stereocenters. The summed E-state index contributed by atoms with van der Waals surface area (Å²) in [7, 11) is -3.25. The topological polar surface area (TPSA) is 47.9 Å². The molecule has 0 saturated heterocycles. The average molecular weight is 1050 g/mol. The van der Waals surface area contributed by atoms with Crippen LogP contribution in [0.3, 0.4) is 0 Å². The summed E-state index contributed by atoms with van der Waals surface area (Å²) < 4.78 is 9.56. The van der Waals surface area contributed by atoms with Crippen molar-refractivity contribution in [2.75, 3.05) is 0 Å². The highest BCUT2D eigenvalue weighted by Gasteiger charge is 2.42. The molecule has 0 aliphatic carbocycles. The fourth-order valence-electron chi connectivity index (χ4n) is 13.5. The summed E-state index contributed by atoms with van der Waals surface area (Å²) in [6.45, 7) is 8.02. The number of fused-ring (bicyclic) bond motifs is 12. The van der Waals surface area contributed by atoms with Crippen molar-refractivity contribution in [1.82, 2.24) is 18.3 Å². The Morgan fingerprint density at radius 2 is 0.580 bits per heavy atom. The Bertz CT molecular complexity index is 4940. The zero-order valence-corrected chi connectivity index (χ0v) is 44.7. The number of nitriles is 1. The highest BCUT2D eigenvalue weighted by atomic mass is 28.3. The van der Waals surface area contributed by atoms with Crippen LogP contribution in [0, 0.1) is 17.9 Å². The first-order valence-electron chi connectivity index (χ1n) is 27.3. The van der Waals surface area contributed by atoms with E-state index in [1.54, 1.807) is 0 Å². The van der Waals surface area contributed by atoms with Crippen LogP contribution in [0.1, 0.15) is 5.56 Å². The van der Waals surface area contributed by atoms with Gasteiger partial charge in [0.25, 0.3) is 0 Å². The standard InChI is InChI=1S/C74H46N6Si/c1-76-50-33-37-68-60(41-50)64-45-74-66(47-72(64)78(68)52-22-10-3-11-23-52)62-43-58(35-39-70(62)80(74)54-26-14-5-15-27-54)81(55-28-16-6-17-29-55,56-30-18-7-19-31-56)57-34-38-69-61(42-57)65-46-71-63(44-73(65)79(69)53-24-12-4-13-25-53)59-40-49(48-75)32-36-67(59)77(71)51-20-8-2-9-21-51/h2-47H. The Kier molecular flexibility index (Phi) is 10.3. The van der Waals surface area contributed by atoms with Crippen molar-refractivity contribution in [1.29, 1.82) is 5.26 Å². The van der Waals surface area contributed by atoms with E-state index in [4.69, 9.17) is 6.57 Å². The molecule has 81 heavy (non-hydrogen) atoms. The molecular weight excluding hydrogens is 1000 g/mol. The van der Waals surface area contributed by atoms with E-state index < -0.39 is 8.07 Å². The van der Waals surface area contributed by atoms with Gasteiger partial charge >= 0.3 is 0 Å². The van der Waals surface area contributed by atoms with Crippen LogP contribution >= 0.6 is 0 Å². The van der Waals surface area contributed by atoms with Gasteiger partial charge in [0.05, 0.1) is 62.3 Å². The van der Waals surface area contributed by atoms with Gasteiger partial charge in [-0.05, 0) is 141 Å². The molecule has 6 nitrogen and oxygen atoms in total. The normalized spacial score (nSPS) is 11.9. The van der Waals surface area contributed by atoms with Gasteiger partial charge in [-0.2, -0.15) is 5.26 Å². The van der Waals surface area contributed by atoms with E-state index in [0.29, 0.717) is 11.3 Å². The van der Waals surface area contributed by atoms with E-state index in [0.717, 1.165) is 99.2 Å². The van der Waals surface area contributed by atoms with E-state index in [-0.39, 0.29) is 0 Å². The average Bonchev–Trinajstić information content (AvgIpc) is 4.46. The molecule has 12 aromatic carbocycles. The second-order valence-corrected chi connectivity index (χ2v) is 24.9. The van der Waals surface area contributed by atoms with Gasteiger partial charge in [0, 0.05) is 60.5 Å². The lowest BCUT2D eigenvalue weighted by Crippen LogP contribution is -2.74. The minimum atomic E-state index is -3.25. The maximum absolute atomic E-state index is 10.2. The Balaban J connectivity index is 1.03. The second-order valence-electron chi connectivity index (χ2n) is 21.1. The van der Waals surface area contributed by atoms with Gasteiger partial charge in [0.1, 0.15) is 0 Å². The molecule has 16 rings (SSSR count). The molecular formula is C74H46N6Si. The van der Waals surface area contributed by atoms with Crippen molar-refractivity contribution >= 4 is 122 Å². The lowest BCUT2D eigenvalue weighted by Gasteiger charge is -2.34. The summed E-state index contributed by atoms with van der Waals surface area (Å²) in [6, 6.07) is 104. The number of nitrogens with zero attached hydrogens (tertiary/aromatic N) is 6. The van der Waals surface area contributed by atoms with Crippen molar-refractivity contribution in [3.8, 4) is 28.8 Å². The first-order valence-corrected chi connectivity index (χ1v) is 29.3. The SMILES string of the molecule is [C-]#[N+]c1ccc2c(c1)c1cc3c(cc1n2-c1ccccc1)c1cc([Si](c2ccccc2)(c2ccccc2)c2ccc4c(c2)c2cc5c(cc2n4-c2ccccc2)c2cc(C#N)ccc2n5-c2ccccc2)ccc1n3-c1ccccc1. The molecule has 0 N–H and O–H groups in total. The molecule has 0 saturated carbocycles. The molecule has 0 aliphatic heterocycles. The third kappa shape index (κ3) is 6.84. The first-order chi connectivity index (χ1) is 40.1. The second kappa shape index (κ2) is 18.1. The molecule has 7 heteroatoms. The van der Waals surface area contributed by atoms with Crippen molar-refractivity contribution in [3.63, 3.8) is 0 Å². The molecule has 4 aromatic heterocycles. The largest absolute Gasteiger partial charge is 0.309 e. The summed E-state index contributed by atoms with van der Waals surface area (Å²) in [5, 5.41) is 24.2. The van der Waals surface area contributed by atoms with Gasteiger partial charge in [0.15, 0.2) is 13.8 Å². The Labute approximate surface area is 467 Å². The molecule has 0 bridgehead atoms. The number of hydrogen-bond donors (Lipinski definition) is 0. The number of aromatic nitrogens is 4. The summed E-state index contributed by atoms with van der Waals surface area (Å²) in [5.74, 6) is 0. The van der Waals surface area contributed by atoms with E-state index >= 15 is 0 Å². The van der Waals surface area contributed by atoms with Crippen LogP contribution in [0.5, 0.6) is 0 Å². The third-order valence-electron chi connectivity index (χ3n) is 16.9. The van der Waals surface area contributed by atoms with Crippen LogP contribution in [-0.2, 0) is 0 Å². The predicted molar refractivity (Wildman–Crippen MR) is 338 cm³/mol. The van der Waals surface area contributed by atoms with Gasteiger partial charge in [-0.3, -0.25) is 0 Å². The fraction of sp³-hybridized carbons (Fsp3) is 0. The molecule has 0 spiro atoms. The van der Waals surface area contributed by atoms with Gasteiger partial charge in [-0.15, -0.1) is 0 Å². The minimum Gasteiger partial charge on any atom is -0.309 e. The van der Waals surface area contributed by atoms with Crippen molar-refractivity contribution in [2.45, 2.75) is 0 Å². The molecule has 0 unspecified atom stereocenters. The fourth-order valence-corrected chi connectivity index (χ4v) is 18.2. The zero-order valence-electron chi connectivity index (χ0n) is 43.7. The summed E-state index contributed by atoms with van der Waals surface area (Å²) in [4.78, 5) is 3.89. The molecule has 4 heterocycles. The van der Waals surface area contributed by atoms with Gasteiger partial charge in [0.2, 0.25) is 0 Å². The number of hydrogen-bond acceptors (Lipinski definition) is 1. The molecule has 0 aliphatic rings. The molecule has 16 aromatic rings. The number of benzene rings is 12. The van der Waals surface area contributed by atoms with E-state index in [1.807, 2.05) is 24.3 Å². The van der Waals surface area contributed by atoms with Crippen molar-refractivity contribution in [2.24, 2.45) is 0 Å². The van der Waals surface area contributed by atoms with Crippen LogP contribution in [0.4, 0.5) is 5.69 Å². The zero-order chi connectivity index (χ0) is 53.8. The lowest BCUT2D eigenvalue weighted by molar-refractivity contribution is 1.17. The maximum Gasteiger partial charge on any atom is 0.188 e. The predicted octanol–water partition coefficient (Wildman–Crippen LogP) is 15.9. The first kappa shape index (κ1) is 46.2. The monoisotopic (exact) mass is 1050 g/mol. The van der Waals surface area contributed by atoms with Crippen LogP contribution in [0.15, 0.2) is 279 Å². The van der Waals surface area contributed by atoms with Crippen LogP contribution < -0.4 is 20.7 Å². The molecule has 0 radical (unpaired) electrons. The van der Waals surface area contributed by atoms with E-state index in [9.17, 15) is 5.26 Å². The highest BCUT2D eigenvalue weighted by molar-refractivity contribution is 7.20. The Hall–Kier alpha value is -11.0. The van der Waals surface area contributed by atoms with E-state index in [1.165, 1.54) is 31.5 Å². The van der Waals surface area contributed by atoms with Crippen LogP contribution in [0.25, 0.3) is 115 Å². The quantitative estimate of drug-likeness (QED) is 0.0850. The summed E-state index contributed by atoms with van der Waals surface area (Å²) in [5.41, 5.74) is 14.3. The van der Waals surface area contributed by atoms with Crippen molar-refractivity contribution < 1.29 is 0 Å². The van der Waals surface area contributed by atoms with Crippen molar-refractivity contribution in [3.05, 3.63) is 296 Å². The van der Waals surface area contributed by atoms with Gasteiger partial charge in [-0.1, -0.05) is 164 Å². The minimum absolute atomic E-state index is 0.618. The molecule has 0 fully saturated rings. The highest BCUT2D eigenvalue weighted by Crippen LogP contribution is 2.43. The lowest BCUT2D eigenvalue weighted by atomic mass is 10.1. The number of para-hydroxylation sites is 4. The van der Waals surface area contributed by atoms with Gasteiger partial charge < -0.3 is 18.3 Å². The van der Waals surface area contributed by atoms with Crippen LogP contribution in [0.2, 0.25) is 0 Å². The number of rotatable bonds is 8. The van der Waals surface area contributed by atoms with E-state index in [2.05, 4.69) is 284 Å². The Morgan fingerprint density at radius 3 is 0.926 bits per heavy atom. The summed E-state index contributed by atoms with van der Waals surface area (Å²) >= 11 is 0.